The summed E-state index contributed by atoms with van der Waals surface area (Å²) in [5, 5.41) is 11.6. The number of allylic oxidation sites excluding steroid dienone is 4. The van der Waals surface area contributed by atoms with E-state index < -0.39 is 22.9 Å². The highest BCUT2D eigenvalue weighted by Crippen LogP contribution is 2.70. The first-order valence-corrected chi connectivity index (χ1v) is 15.6. The molecule has 2 fully saturated rings. The van der Waals surface area contributed by atoms with Gasteiger partial charge in [0.25, 0.3) is 0 Å². The Balaban J connectivity index is 1.41. The molecule has 4 aliphatic carbocycles. The zero-order valence-electron chi connectivity index (χ0n) is 23.4. The summed E-state index contributed by atoms with van der Waals surface area (Å²) in [4.78, 5) is 13.3. The number of alkyl halides is 4. The van der Waals surface area contributed by atoms with Crippen LogP contribution in [-0.4, -0.2) is 28.3 Å². The molecule has 5 atom stereocenters. The monoisotopic (exact) mass is 584 g/mol. The molecule has 2 unspecified atom stereocenters. The molecule has 0 radical (unpaired) electrons. The molecule has 41 heavy (non-hydrogen) atoms. The fraction of sp³-hybridized carbons (Fsp3) is 0.500. The van der Waals surface area contributed by atoms with Gasteiger partial charge in [0, 0.05) is 35.3 Å². The van der Waals surface area contributed by atoms with Crippen molar-refractivity contribution in [3.63, 3.8) is 0 Å². The Hall–Kier alpha value is -2.38. The highest BCUT2D eigenvalue weighted by atomic mass is 32.2. The number of thioether (sulfide) groups is 1. The van der Waals surface area contributed by atoms with Crippen LogP contribution in [-0.2, 0) is 10.5 Å². The Kier molecular flexibility index (Phi) is 7.09. The Morgan fingerprint density at radius 3 is 2.37 bits per heavy atom. The number of hydrogen-bond acceptors (Lipinski definition) is 3. The maximum absolute atomic E-state index is 15.5. The number of carbonyl (C=O) groups excluding carboxylic acids is 1. The lowest BCUT2D eigenvalue weighted by atomic mass is 9.50. The van der Waals surface area contributed by atoms with Gasteiger partial charge < -0.3 is 5.11 Å². The number of rotatable bonds is 6. The molecule has 2 aromatic rings. The zero-order valence-corrected chi connectivity index (χ0v) is 24.3. The molecular weight excluding hydrogens is 548 g/mol. The van der Waals surface area contributed by atoms with Gasteiger partial charge in [0.1, 0.15) is 5.60 Å². The van der Waals surface area contributed by atoms with Crippen molar-refractivity contribution >= 4 is 17.5 Å². The first-order chi connectivity index (χ1) is 19.4. The maximum atomic E-state index is 15.5. The summed E-state index contributed by atoms with van der Waals surface area (Å²) in [6, 6.07) is 18.3. The molecule has 2 aromatic carbocycles. The van der Waals surface area contributed by atoms with E-state index in [0.29, 0.717) is 25.7 Å². The summed E-state index contributed by atoms with van der Waals surface area (Å²) in [6.45, 7) is 1.84. The van der Waals surface area contributed by atoms with Gasteiger partial charge >= 0.3 is 11.8 Å². The number of aliphatic hydroxyl groups is 1. The van der Waals surface area contributed by atoms with Crippen molar-refractivity contribution in [2.75, 3.05) is 0 Å². The second kappa shape index (κ2) is 10.1. The van der Waals surface area contributed by atoms with Gasteiger partial charge in [-0.15, -0.1) is 11.8 Å². The molecule has 0 heterocycles. The number of fused-ring (bicyclic) bond motifs is 4. The van der Waals surface area contributed by atoms with Gasteiger partial charge in [-0.2, -0.15) is 8.78 Å². The third-order valence-corrected chi connectivity index (χ3v) is 11.6. The van der Waals surface area contributed by atoms with Crippen LogP contribution < -0.4 is 0 Å². The maximum Gasteiger partial charge on any atom is 0.338 e. The van der Waals surface area contributed by atoms with Crippen LogP contribution in [0.25, 0.3) is 0 Å². The summed E-state index contributed by atoms with van der Waals surface area (Å²) < 4.78 is 59.9. The Morgan fingerprint density at radius 2 is 1.68 bits per heavy atom. The predicted octanol–water partition coefficient (Wildman–Crippen LogP) is 8.90. The summed E-state index contributed by atoms with van der Waals surface area (Å²) in [6.07, 6.45) is 4.20. The third-order valence-electron chi connectivity index (χ3n) is 10.5. The van der Waals surface area contributed by atoms with Gasteiger partial charge in [-0.3, -0.25) is 4.79 Å². The molecular formula is C34H36F4O2S. The van der Waals surface area contributed by atoms with Crippen LogP contribution in [0.1, 0.15) is 75.8 Å². The van der Waals surface area contributed by atoms with E-state index in [9.17, 15) is 18.7 Å². The average molecular weight is 585 g/mol. The quantitative estimate of drug-likeness (QED) is 0.272. The minimum absolute atomic E-state index is 0.0958. The van der Waals surface area contributed by atoms with E-state index in [2.05, 4.69) is 12.1 Å². The summed E-state index contributed by atoms with van der Waals surface area (Å²) in [7, 11) is 0. The molecule has 0 saturated heterocycles. The van der Waals surface area contributed by atoms with E-state index in [4.69, 9.17) is 0 Å². The predicted molar refractivity (Wildman–Crippen MR) is 153 cm³/mol. The van der Waals surface area contributed by atoms with E-state index in [1.165, 1.54) is 11.1 Å². The lowest BCUT2D eigenvalue weighted by Crippen LogP contribution is -2.65. The van der Waals surface area contributed by atoms with Crippen molar-refractivity contribution < 1.29 is 27.5 Å². The van der Waals surface area contributed by atoms with Crippen LogP contribution in [0, 0.1) is 17.3 Å². The Labute approximate surface area is 243 Å². The van der Waals surface area contributed by atoms with Crippen molar-refractivity contribution in [2.24, 2.45) is 17.3 Å². The Morgan fingerprint density at radius 1 is 0.976 bits per heavy atom. The molecule has 2 saturated carbocycles. The van der Waals surface area contributed by atoms with Gasteiger partial charge in [-0.25, -0.2) is 8.78 Å². The first kappa shape index (κ1) is 28.7. The van der Waals surface area contributed by atoms with Crippen molar-refractivity contribution in [3.8, 4) is 0 Å². The van der Waals surface area contributed by atoms with Crippen molar-refractivity contribution in [1.29, 1.82) is 0 Å². The SMILES string of the molecule is CC(F)(F)C(F)(F)[C@]1(O)CCC2C3CCC4=CC(=O)CCC4=C3[C@@H](c3ccc(SCc4ccccc4)cc3)C[C@@]21C. The molecule has 0 spiro atoms. The molecule has 7 heteroatoms. The van der Waals surface area contributed by atoms with Crippen LogP contribution in [0.5, 0.6) is 0 Å². The van der Waals surface area contributed by atoms with Gasteiger partial charge in [-0.1, -0.05) is 55.0 Å². The van der Waals surface area contributed by atoms with Gasteiger partial charge in [0.2, 0.25) is 0 Å². The van der Waals surface area contributed by atoms with E-state index in [1.54, 1.807) is 24.8 Å². The van der Waals surface area contributed by atoms with Crippen LogP contribution in [0.3, 0.4) is 0 Å². The second-order valence-electron chi connectivity index (χ2n) is 12.7. The molecule has 6 rings (SSSR count). The lowest BCUT2D eigenvalue weighted by molar-refractivity contribution is -0.315. The normalized spacial score (nSPS) is 31.8. The topological polar surface area (TPSA) is 37.3 Å². The third kappa shape index (κ3) is 4.53. The van der Waals surface area contributed by atoms with Crippen LogP contribution in [0.15, 0.2) is 82.3 Å². The number of carbonyl (C=O) groups is 1. The first-order valence-electron chi connectivity index (χ1n) is 14.6. The minimum atomic E-state index is -4.56. The van der Waals surface area contributed by atoms with E-state index in [1.807, 2.05) is 42.5 Å². The molecule has 4 aliphatic rings. The molecule has 0 amide bonds. The zero-order chi connectivity index (χ0) is 29.2. The fourth-order valence-electron chi connectivity index (χ4n) is 8.38. The van der Waals surface area contributed by atoms with Gasteiger partial charge in [0.05, 0.1) is 0 Å². The largest absolute Gasteiger partial charge is 0.383 e. The number of hydrogen-bond donors (Lipinski definition) is 1. The average Bonchev–Trinajstić information content (AvgIpc) is 3.23. The van der Waals surface area contributed by atoms with E-state index >= 15 is 8.78 Å². The lowest BCUT2D eigenvalue weighted by Gasteiger charge is -2.56. The number of halogens is 4. The molecule has 0 aliphatic heterocycles. The minimum Gasteiger partial charge on any atom is -0.383 e. The van der Waals surface area contributed by atoms with Gasteiger partial charge in [-0.05, 0) is 90.8 Å². The van der Waals surface area contributed by atoms with Crippen molar-refractivity contribution in [3.05, 3.63) is 88.5 Å². The highest BCUT2D eigenvalue weighted by molar-refractivity contribution is 7.98. The molecule has 0 aromatic heterocycles. The molecule has 2 nitrogen and oxygen atoms in total. The van der Waals surface area contributed by atoms with Crippen molar-refractivity contribution in [2.45, 2.75) is 92.8 Å². The highest BCUT2D eigenvalue weighted by Gasteiger charge is 2.76. The second-order valence-corrected chi connectivity index (χ2v) is 13.7. The summed E-state index contributed by atoms with van der Waals surface area (Å²) >= 11 is 1.71. The van der Waals surface area contributed by atoms with Crippen LogP contribution >= 0.6 is 11.8 Å². The molecule has 0 bridgehead atoms. The van der Waals surface area contributed by atoms with Crippen LogP contribution in [0.4, 0.5) is 17.6 Å². The number of ketones is 1. The standard InChI is InChI=1S/C34H36F4O2S/c1-31-19-28(22-8-12-25(13-9-22)41-20-21-6-4-3-5-7-21)30-26-15-11-24(39)18-23(26)10-14-27(30)29(31)16-17-33(31,40)34(37,38)32(2,35)36/h3-9,12-13,18,27-29,40H,10-11,14-17,19-20H2,1-2H3/t27?,28-,29?,31+,33+/m1/s1. The number of benzene rings is 2. The molecule has 218 valence electrons. The smallest absolute Gasteiger partial charge is 0.338 e. The van der Waals surface area contributed by atoms with Crippen LogP contribution in [0.2, 0.25) is 0 Å². The fourth-order valence-corrected chi connectivity index (χ4v) is 9.23. The van der Waals surface area contributed by atoms with Gasteiger partial charge in [0.15, 0.2) is 5.78 Å². The van der Waals surface area contributed by atoms with Crippen molar-refractivity contribution in [1.82, 2.24) is 0 Å². The van der Waals surface area contributed by atoms with E-state index in [-0.39, 0.29) is 49.7 Å². The van der Waals surface area contributed by atoms with E-state index in [0.717, 1.165) is 27.4 Å². The molecule has 1 N–H and O–H groups in total. The summed E-state index contributed by atoms with van der Waals surface area (Å²) in [5.74, 6) is -8.71. The summed E-state index contributed by atoms with van der Waals surface area (Å²) in [5.41, 5.74) is 1.31. The Bertz CT molecular complexity index is 1390.